The molecule has 0 aliphatic rings. The summed E-state index contributed by atoms with van der Waals surface area (Å²) in [5.74, 6) is 2.29. The second kappa shape index (κ2) is 9.43. The van der Waals surface area contributed by atoms with E-state index >= 15 is 0 Å². The molecule has 0 spiro atoms. The lowest BCUT2D eigenvalue weighted by molar-refractivity contribution is -0.123. The first-order chi connectivity index (χ1) is 15.6. The minimum absolute atomic E-state index is 0.125. The fourth-order valence-electron chi connectivity index (χ4n) is 3.56. The van der Waals surface area contributed by atoms with Gasteiger partial charge in [-0.3, -0.25) is 4.79 Å². The van der Waals surface area contributed by atoms with Gasteiger partial charge < -0.3 is 24.1 Å². The van der Waals surface area contributed by atoms with Crippen LogP contribution in [0.25, 0.3) is 10.8 Å². The topological polar surface area (TPSA) is 74.6 Å². The fourth-order valence-corrected chi connectivity index (χ4v) is 3.56. The standard InChI is InChI=1S/C25H25N3O4/c1-28-11-10-26-25(28)24(19-13-21(30-2)15-22(14-19)31-3)27-23(29)16-32-20-9-8-17-6-4-5-7-18(17)12-20/h4-15,24H,16H2,1-3H3,(H,27,29). The number of hydrogen-bond donors (Lipinski definition) is 1. The molecule has 0 aliphatic heterocycles. The number of carbonyl (C=O) groups is 1. The molecule has 1 N–H and O–H groups in total. The van der Waals surface area contributed by atoms with E-state index in [9.17, 15) is 4.79 Å². The zero-order valence-corrected chi connectivity index (χ0v) is 18.2. The molecule has 4 rings (SSSR count). The number of carbonyl (C=O) groups excluding carboxylic acids is 1. The molecule has 1 amide bonds. The van der Waals surface area contributed by atoms with Gasteiger partial charge in [-0.25, -0.2) is 4.98 Å². The number of ether oxygens (including phenoxy) is 3. The summed E-state index contributed by atoms with van der Waals surface area (Å²) in [6.07, 6.45) is 3.52. The zero-order valence-electron chi connectivity index (χ0n) is 18.2. The van der Waals surface area contributed by atoms with Crippen molar-refractivity contribution in [3.05, 3.63) is 84.4 Å². The van der Waals surface area contributed by atoms with Gasteiger partial charge in [-0.2, -0.15) is 0 Å². The Balaban J connectivity index is 1.54. The predicted octanol–water partition coefficient (Wildman–Crippen LogP) is 3.88. The fraction of sp³-hybridized carbons (Fsp3) is 0.200. The third kappa shape index (κ3) is 4.67. The molecule has 0 aliphatic carbocycles. The minimum atomic E-state index is -0.508. The van der Waals surface area contributed by atoms with Gasteiger partial charge in [0.1, 0.15) is 29.1 Å². The maximum absolute atomic E-state index is 12.8. The van der Waals surface area contributed by atoms with Crippen LogP contribution in [0.1, 0.15) is 17.4 Å². The van der Waals surface area contributed by atoms with E-state index in [4.69, 9.17) is 14.2 Å². The van der Waals surface area contributed by atoms with E-state index in [0.717, 1.165) is 16.3 Å². The lowest BCUT2D eigenvalue weighted by atomic mass is 10.0. The normalized spacial score (nSPS) is 11.7. The molecule has 0 radical (unpaired) electrons. The summed E-state index contributed by atoms with van der Waals surface area (Å²) in [4.78, 5) is 17.3. The molecular weight excluding hydrogens is 406 g/mol. The van der Waals surface area contributed by atoms with Gasteiger partial charge in [0, 0.05) is 25.5 Å². The third-order valence-corrected chi connectivity index (χ3v) is 5.22. The van der Waals surface area contributed by atoms with Gasteiger partial charge in [-0.05, 0) is 40.6 Å². The van der Waals surface area contributed by atoms with Crippen molar-refractivity contribution in [2.75, 3.05) is 20.8 Å². The van der Waals surface area contributed by atoms with Crippen molar-refractivity contribution < 1.29 is 19.0 Å². The Morgan fingerprint density at radius 3 is 2.34 bits per heavy atom. The summed E-state index contributed by atoms with van der Waals surface area (Å²) in [7, 11) is 5.05. The van der Waals surface area contributed by atoms with Crippen molar-refractivity contribution in [2.24, 2.45) is 7.05 Å². The highest BCUT2D eigenvalue weighted by Crippen LogP contribution is 2.29. The van der Waals surface area contributed by atoms with Crippen LogP contribution in [0.2, 0.25) is 0 Å². The maximum atomic E-state index is 12.8. The van der Waals surface area contributed by atoms with Crippen LogP contribution < -0.4 is 19.5 Å². The Kier molecular flexibility index (Phi) is 6.26. The Labute approximate surface area is 186 Å². The molecule has 7 heteroatoms. The highest BCUT2D eigenvalue weighted by atomic mass is 16.5. The number of imidazole rings is 1. The molecule has 32 heavy (non-hydrogen) atoms. The molecule has 1 aromatic heterocycles. The van der Waals surface area contributed by atoms with Crippen molar-refractivity contribution in [2.45, 2.75) is 6.04 Å². The van der Waals surface area contributed by atoms with Crippen molar-refractivity contribution in [1.29, 1.82) is 0 Å². The van der Waals surface area contributed by atoms with Gasteiger partial charge >= 0.3 is 0 Å². The van der Waals surface area contributed by atoms with Gasteiger partial charge in [0.05, 0.1) is 14.2 Å². The summed E-state index contributed by atoms with van der Waals surface area (Å²) in [6, 6.07) is 18.7. The Morgan fingerprint density at radius 2 is 1.69 bits per heavy atom. The van der Waals surface area contributed by atoms with E-state index in [2.05, 4.69) is 10.3 Å². The molecule has 3 aromatic carbocycles. The van der Waals surface area contributed by atoms with Gasteiger partial charge in [0.25, 0.3) is 5.91 Å². The third-order valence-electron chi connectivity index (χ3n) is 5.22. The zero-order chi connectivity index (χ0) is 22.5. The average Bonchev–Trinajstić information content (AvgIpc) is 3.26. The van der Waals surface area contributed by atoms with Crippen molar-refractivity contribution in [3.63, 3.8) is 0 Å². The molecular formula is C25H25N3O4. The van der Waals surface area contributed by atoms with Crippen LogP contribution in [-0.4, -0.2) is 36.3 Å². The first-order valence-electron chi connectivity index (χ1n) is 10.2. The summed E-state index contributed by atoms with van der Waals surface area (Å²) in [6.45, 7) is -0.125. The summed E-state index contributed by atoms with van der Waals surface area (Å²) < 4.78 is 18.4. The number of rotatable bonds is 8. The summed E-state index contributed by atoms with van der Waals surface area (Å²) in [5.41, 5.74) is 0.787. The SMILES string of the molecule is COc1cc(OC)cc(C(NC(=O)COc2ccc3ccccc3c2)c2nccn2C)c1. The molecule has 0 saturated heterocycles. The Morgan fingerprint density at radius 1 is 0.969 bits per heavy atom. The second-order valence-electron chi connectivity index (χ2n) is 7.34. The molecule has 164 valence electrons. The van der Waals surface area contributed by atoms with Crippen LogP contribution in [0.5, 0.6) is 17.2 Å². The molecule has 0 fully saturated rings. The number of aryl methyl sites for hydroxylation is 1. The summed E-state index contributed by atoms with van der Waals surface area (Å²) in [5, 5.41) is 5.20. The minimum Gasteiger partial charge on any atom is -0.497 e. The number of nitrogens with zero attached hydrogens (tertiary/aromatic N) is 2. The number of nitrogens with one attached hydrogen (secondary N) is 1. The van der Waals surface area contributed by atoms with E-state index in [-0.39, 0.29) is 12.5 Å². The molecule has 4 aromatic rings. The Bertz CT molecular complexity index is 1210. The average molecular weight is 431 g/mol. The summed E-state index contributed by atoms with van der Waals surface area (Å²) >= 11 is 0. The number of benzene rings is 3. The van der Waals surface area contributed by atoms with E-state index < -0.39 is 6.04 Å². The van der Waals surface area contributed by atoms with Crippen LogP contribution in [0.3, 0.4) is 0 Å². The quantitative estimate of drug-likeness (QED) is 0.458. The molecule has 1 unspecified atom stereocenters. The van der Waals surface area contributed by atoms with Gasteiger partial charge in [-0.1, -0.05) is 30.3 Å². The molecule has 1 heterocycles. The molecule has 1 atom stereocenters. The van der Waals surface area contributed by atoms with Crippen LogP contribution in [0.15, 0.2) is 73.1 Å². The van der Waals surface area contributed by atoms with E-state index in [1.54, 1.807) is 26.5 Å². The van der Waals surface area contributed by atoms with Crippen LogP contribution in [0.4, 0.5) is 0 Å². The number of methoxy groups -OCH3 is 2. The lowest BCUT2D eigenvalue weighted by Crippen LogP contribution is -2.34. The number of hydrogen-bond acceptors (Lipinski definition) is 5. The van der Waals surface area contributed by atoms with Crippen molar-refractivity contribution in [1.82, 2.24) is 14.9 Å². The van der Waals surface area contributed by atoms with E-state index in [0.29, 0.717) is 23.1 Å². The van der Waals surface area contributed by atoms with Crippen LogP contribution in [-0.2, 0) is 11.8 Å². The molecule has 7 nitrogen and oxygen atoms in total. The van der Waals surface area contributed by atoms with Gasteiger partial charge in [0.15, 0.2) is 6.61 Å². The monoisotopic (exact) mass is 431 g/mol. The second-order valence-corrected chi connectivity index (χ2v) is 7.34. The maximum Gasteiger partial charge on any atom is 0.258 e. The number of amides is 1. The van der Waals surface area contributed by atoms with E-state index in [1.807, 2.05) is 72.4 Å². The van der Waals surface area contributed by atoms with E-state index in [1.165, 1.54) is 0 Å². The van der Waals surface area contributed by atoms with Gasteiger partial charge in [0.2, 0.25) is 0 Å². The number of fused-ring (bicyclic) bond motifs is 1. The first kappa shape index (κ1) is 21.2. The predicted molar refractivity (Wildman–Crippen MR) is 122 cm³/mol. The lowest BCUT2D eigenvalue weighted by Gasteiger charge is -2.20. The highest BCUT2D eigenvalue weighted by molar-refractivity contribution is 5.84. The van der Waals surface area contributed by atoms with Gasteiger partial charge in [-0.15, -0.1) is 0 Å². The molecule has 0 bridgehead atoms. The first-order valence-corrected chi connectivity index (χ1v) is 10.2. The molecule has 0 saturated carbocycles. The van der Waals surface area contributed by atoms with Crippen LogP contribution in [0, 0.1) is 0 Å². The highest BCUT2D eigenvalue weighted by Gasteiger charge is 2.22. The Hall–Kier alpha value is -4.00. The van der Waals surface area contributed by atoms with Crippen molar-refractivity contribution >= 4 is 16.7 Å². The van der Waals surface area contributed by atoms with Crippen LogP contribution >= 0.6 is 0 Å². The largest absolute Gasteiger partial charge is 0.497 e. The van der Waals surface area contributed by atoms with Crippen molar-refractivity contribution in [3.8, 4) is 17.2 Å². The smallest absolute Gasteiger partial charge is 0.258 e. The number of aromatic nitrogens is 2.